The van der Waals surface area contributed by atoms with Gasteiger partial charge in [-0.05, 0) is 15.4 Å². The van der Waals surface area contributed by atoms with Crippen molar-refractivity contribution in [1.82, 2.24) is 0 Å². The van der Waals surface area contributed by atoms with Gasteiger partial charge in [0.25, 0.3) is 8.32 Å². The van der Waals surface area contributed by atoms with Gasteiger partial charge in [-0.1, -0.05) is 81.4 Å². The van der Waals surface area contributed by atoms with Crippen LogP contribution in [0.4, 0.5) is 26.3 Å². The summed E-state index contributed by atoms with van der Waals surface area (Å²) in [6.45, 7) is 3.86. The molecule has 0 aliphatic carbocycles. The Morgan fingerprint density at radius 1 is 0.727 bits per heavy atom. The molecule has 0 amide bonds. The minimum absolute atomic E-state index is 0.430. The molecule has 0 saturated heterocycles. The molecule has 2 rings (SSSR count). The molecule has 2 unspecified atom stereocenters. The number of hydrogen-bond acceptors (Lipinski definition) is 4. The number of benzene rings is 2. The Bertz CT molecular complexity index is 783. The van der Waals surface area contributed by atoms with Crippen molar-refractivity contribution < 1.29 is 46.1 Å². The number of aliphatic hydroxyl groups is 3. The molecule has 3 N–H and O–H groups in total. The fourth-order valence-electron chi connectivity index (χ4n) is 3.16. The van der Waals surface area contributed by atoms with E-state index in [1.165, 1.54) is 0 Å². The average Bonchev–Trinajstić information content (AvgIpc) is 2.73. The molecule has 0 fully saturated rings. The van der Waals surface area contributed by atoms with Crippen molar-refractivity contribution in [2.45, 2.75) is 50.4 Å². The fraction of sp³-hybridized carbons (Fsp3) is 0.455. The first-order valence-corrected chi connectivity index (χ1v) is 11.8. The van der Waals surface area contributed by atoms with Crippen LogP contribution in [0.3, 0.4) is 0 Å². The number of hydrogen-bond donors (Lipinski definition) is 3. The summed E-state index contributed by atoms with van der Waals surface area (Å²) in [6.07, 6.45) is -14.5. The van der Waals surface area contributed by atoms with Crippen molar-refractivity contribution in [3.63, 3.8) is 0 Å². The Labute approximate surface area is 189 Å². The van der Waals surface area contributed by atoms with Gasteiger partial charge in [0.15, 0.2) is 12.2 Å². The number of aliphatic hydroxyl groups excluding tert-OH is 3. The molecule has 0 saturated carbocycles. The van der Waals surface area contributed by atoms with Gasteiger partial charge < -0.3 is 19.7 Å². The zero-order valence-corrected chi connectivity index (χ0v) is 19.4. The monoisotopic (exact) mass is 498 g/mol. The highest BCUT2D eigenvalue weighted by Gasteiger charge is 2.51. The van der Waals surface area contributed by atoms with E-state index in [9.17, 15) is 31.4 Å². The van der Waals surface area contributed by atoms with Gasteiger partial charge in [0.2, 0.25) is 0 Å². The lowest BCUT2D eigenvalue weighted by Crippen LogP contribution is -2.67. The van der Waals surface area contributed by atoms with Crippen LogP contribution < -0.4 is 10.4 Å². The standard InChI is InChI=1S/C19H23F3O2Si.C3H5F3O2/c1-18(2,3)25(15-10-6-4-7-11-15,16-12-8-5-9-13-16)24-14-17(23)19(20,21)22;4-3(5,6)2(8)1-7/h4-13,17,23H,14H2,1-3H3;2,7-8H,1H2. The second-order valence-electron chi connectivity index (χ2n) is 8.27. The van der Waals surface area contributed by atoms with E-state index in [4.69, 9.17) is 14.6 Å². The molecule has 186 valence electrons. The molecule has 0 radical (unpaired) electrons. The highest BCUT2D eigenvalue weighted by Crippen LogP contribution is 2.37. The molecule has 0 aliphatic rings. The molecule has 2 atom stereocenters. The van der Waals surface area contributed by atoms with Crippen LogP contribution in [0.2, 0.25) is 5.04 Å². The molecule has 11 heteroatoms. The summed E-state index contributed by atoms with van der Waals surface area (Å²) >= 11 is 0. The van der Waals surface area contributed by atoms with Crippen molar-refractivity contribution >= 4 is 18.7 Å². The van der Waals surface area contributed by atoms with Gasteiger partial charge in [0.05, 0.1) is 13.2 Å². The SMILES string of the molecule is CC(C)(C)[Si](OCC(O)C(F)(F)F)(c1ccccc1)c1ccccc1.OCC(O)C(F)(F)F. The van der Waals surface area contributed by atoms with Crippen LogP contribution in [0.1, 0.15) is 20.8 Å². The normalized spacial score (nSPS) is 14.8. The van der Waals surface area contributed by atoms with Crippen LogP contribution >= 0.6 is 0 Å². The molecule has 2 aromatic rings. The maximum absolute atomic E-state index is 12.8. The van der Waals surface area contributed by atoms with E-state index in [1.807, 2.05) is 81.4 Å². The van der Waals surface area contributed by atoms with Gasteiger partial charge in [-0.2, -0.15) is 26.3 Å². The largest absolute Gasteiger partial charge is 0.416 e. The van der Waals surface area contributed by atoms with Crippen LogP contribution in [-0.2, 0) is 4.43 Å². The van der Waals surface area contributed by atoms with E-state index in [-0.39, 0.29) is 0 Å². The minimum atomic E-state index is -4.70. The van der Waals surface area contributed by atoms with Crippen molar-refractivity contribution in [3.05, 3.63) is 60.7 Å². The van der Waals surface area contributed by atoms with E-state index in [2.05, 4.69) is 0 Å². The Hall–Kier alpha value is -1.92. The molecule has 0 bridgehead atoms. The summed E-state index contributed by atoms with van der Waals surface area (Å²) < 4.78 is 77.6. The third-order valence-corrected chi connectivity index (χ3v) is 9.81. The third kappa shape index (κ3) is 7.82. The summed E-state index contributed by atoms with van der Waals surface area (Å²) in [7, 11) is -3.05. The second-order valence-corrected chi connectivity index (χ2v) is 12.6. The predicted octanol–water partition coefficient (Wildman–Crippen LogP) is 3.39. The van der Waals surface area contributed by atoms with Gasteiger partial charge in [-0.15, -0.1) is 0 Å². The van der Waals surface area contributed by atoms with Crippen molar-refractivity contribution in [2.75, 3.05) is 13.2 Å². The Balaban J connectivity index is 0.000000582. The first-order chi connectivity index (χ1) is 15.1. The van der Waals surface area contributed by atoms with Gasteiger partial charge in [-0.3, -0.25) is 0 Å². The lowest BCUT2D eigenvalue weighted by atomic mass is 10.2. The zero-order chi connectivity index (χ0) is 25.5. The Morgan fingerprint density at radius 2 is 1.09 bits per heavy atom. The number of alkyl halides is 6. The second kappa shape index (κ2) is 11.5. The Kier molecular flexibility index (Phi) is 10.1. The van der Waals surface area contributed by atoms with Crippen molar-refractivity contribution in [2.24, 2.45) is 0 Å². The van der Waals surface area contributed by atoms with Crippen molar-refractivity contribution in [3.8, 4) is 0 Å². The fourth-order valence-corrected chi connectivity index (χ4v) is 7.73. The molecule has 2 aromatic carbocycles. The van der Waals surface area contributed by atoms with E-state index in [1.54, 1.807) is 0 Å². The van der Waals surface area contributed by atoms with Crippen LogP contribution in [0, 0.1) is 0 Å². The van der Waals surface area contributed by atoms with Crippen LogP contribution in [-0.4, -0.2) is 61.4 Å². The molecule has 4 nitrogen and oxygen atoms in total. The van der Waals surface area contributed by atoms with Crippen molar-refractivity contribution in [1.29, 1.82) is 0 Å². The highest BCUT2D eigenvalue weighted by atomic mass is 28.4. The van der Waals surface area contributed by atoms with E-state index in [0.717, 1.165) is 10.4 Å². The smallest absolute Gasteiger partial charge is 0.404 e. The van der Waals surface area contributed by atoms with Crippen LogP contribution in [0.5, 0.6) is 0 Å². The van der Waals surface area contributed by atoms with E-state index in [0.29, 0.717) is 0 Å². The van der Waals surface area contributed by atoms with Crippen LogP contribution in [0.25, 0.3) is 0 Å². The van der Waals surface area contributed by atoms with Gasteiger partial charge >= 0.3 is 12.4 Å². The molecule has 33 heavy (non-hydrogen) atoms. The average molecular weight is 499 g/mol. The minimum Gasteiger partial charge on any atom is -0.404 e. The molecular formula is C22H28F6O4Si. The highest BCUT2D eigenvalue weighted by molar-refractivity contribution is 6.99. The van der Waals surface area contributed by atoms with Gasteiger partial charge in [0, 0.05) is 0 Å². The lowest BCUT2D eigenvalue weighted by Gasteiger charge is -2.43. The molecular weight excluding hydrogens is 470 g/mol. The summed E-state index contributed by atoms with van der Waals surface area (Å²) in [6, 6.07) is 18.7. The molecule has 0 aliphatic heterocycles. The number of halogens is 6. The topological polar surface area (TPSA) is 69.9 Å². The van der Waals surface area contributed by atoms with E-state index < -0.39 is 51.1 Å². The maximum Gasteiger partial charge on any atom is 0.416 e. The summed E-state index contributed by atoms with van der Waals surface area (Å²) in [5, 5.41) is 26.3. The van der Waals surface area contributed by atoms with Crippen LogP contribution in [0.15, 0.2) is 60.7 Å². The number of rotatable bonds is 6. The summed E-state index contributed by atoms with van der Waals surface area (Å²) in [5.74, 6) is 0. The van der Waals surface area contributed by atoms with E-state index >= 15 is 0 Å². The molecule has 0 heterocycles. The van der Waals surface area contributed by atoms with Gasteiger partial charge in [-0.25, -0.2) is 0 Å². The maximum atomic E-state index is 12.8. The van der Waals surface area contributed by atoms with Gasteiger partial charge in [0.1, 0.15) is 0 Å². The summed E-state index contributed by atoms with van der Waals surface area (Å²) in [5.41, 5.74) is 0. The summed E-state index contributed by atoms with van der Waals surface area (Å²) in [4.78, 5) is 0. The predicted molar refractivity (Wildman–Crippen MR) is 115 cm³/mol. The lowest BCUT2D eigenvalue weighted by molar-refractivity contribution is -0.212. The molecule has 0 aromatic heterocycles. The Morgan fingerprint density at radius 3 is 1.33 bits per heavy atom. The quantitative estimate of drug-likeness (QED) is 0.422. The zero-order valence-electron chi connectivity index (χ0n) is 18.4. The first kappa shape index (κ1) is 29.1. The molecule has 0 spiro atoms. The third-order valence-electron chi connectivity index (χ3n) is 4.80. The first-order valence-electron chi connectivity index (χ1n) is 9.92.